The van der Waals surface area contributed by atoms with Crippen LogP contribution < -0.4 is 14.8 Å². The lowest BCUT2D eigenvalue weighted by atomic mass is 10.1. The van der Waals surface area contributed by atoms with E-state index in [0.29, 0.717) is 12.6 Å². The van der Waals surface area contributed by atoms with Crippen molar-refractivity contribution < 1.29 is 9.47 Å². The largest absolute Gasteiger partial charge is 0.490 e. The molecule has 1 aromatic rings. The van der Waals surface area contributed by atoms with Gasteiger partial charge in [-0.15, -0.1) is 0 Å². The number of ether oxygens (including phenoxy) is 2. The van der Waals surface area contributed by atoms with E-state index < -0.39 is 0 Å². The second-order valence-electron chi connectivity index (χ2n) is 5.86. The van der Waals surface area contributed by atoms with E-state index in [2.05, 4.69) is 25.2 Å². The topological polar surface area (TPSA) is 30.5 Å². The van der Waals surface area contributed by atoms with Crippen molar-refractivity contribution in [3.8, 4) is 11.5 Å². The Balaban J connectivity index is 1.81. The molecule has 0 fully saturated rings. The summed E-state index contributed by atoms with van der Waals surface area (Å²) in [6.45, 7) is 6.86. The van der Waals surface area contributed by atoms with Gasteiger partial charge in [-0.1, -0.05) is 31.9 Å². The molecule has 1 heterocycles. The molecule has 0 radical (unpaired) electrons. The predicted molar refractivity (Wildman–Crippen MR) is 87.8 cm³/mol. The summed E-state index contributed by atoms with van der Waals surface area (Å²) in [5.74, 6) is 1.62. The smallest absolute Gasteiger partial charge is 0.162 e. The molecule has 0 aromatic heterocycles. The molecule has 21 heavy (non-hydrogen) atoms. The minimum Gasteiger partial charge on any atom is -0.490 e. The fourth-order valence-electron chi connectivity index (χ4n) is 2.43. The first-order valence-corrected chi connectivity index (χ1v) is 8.36. The highest BCUT2D eigenvalue weighted by atomic mass is 35.5. The molecule has 0 unspecified atom stereocenters. The highest BCUT2D eigenvalue weighted by molar-refractivity contribution is 6.31. The first-order chi connectivity index (χ1) is 10.2. The number of benzene rings is 1. The SMILES string of the molecule is CC(C)NCCCCCc1cc2c(cc1Cl)OCCCO2. The van der Waals surface area contributed by atoms with Gasteiger partial charge in [0, 0.05) is 23.6 Å². The minimum atomic E-state index is 0.571. The number of rotatable bonds is 7. The van der Waals surface area contributed by atoms with Crippen LogP contribution in [0.3, 0.4) is 0 Å². The molecule has 0 atom stereocenters. The van der Waals surface area contributed by atoms with Crippen molar-refractivity contribution in [3.63, 3.8) is 0 Å². The van der Waals surface area contributed by atoms with E-state index in [0.717, 1.165) is 54.5 Å². The number of fused-ring (bicyclic) bond motifs is 1. The zero-order valence-corrected chi connectivity index (χ0v) is 13.8. The highest BCUT2D eigenvalue weighted by Gasteiger charge is 2.13. The lowest BCUT2D eigenvalue weighted by molar-refractivity contribution is 0.297. The summed E-state index contributed by atoms with van der Waals surface area (Å²) < 4.78 is 11.4. The molecule has 0 amide bonds. The Morgan fingerprint density at radius 1 is 1.10 bits per heavy atom. The molecule has 0 aliphatic carbocycles. The second-order valence-corrected chi connectivity index (χ2v) is 6.27. The van der Waals surface area contributed by atoms with Crippen molar-refractivity contribution in [2.45, 2.75) is 52.0 Å². The van der Waals surface area contributed by atoms with E-state index in [1.54, 1.807) is 0 Å². The quantitative estimate of drug-likeness (QED) is 0.765. The van der Waals surface area contributed by atoms with Gasteiger partial charge < -0.3 is 14.8 Å². The van der Waals surface area contributed by atoms with Gasteiger partial charge in [0.2, 0.25) is 0 Å². The van der Waals surface area contributed by atoms with Crippen molar-refractivity contribution in [3.05, 3.63) is 22.7 Å². The lowest BCUT2D eigenvalue weighted by Gasteiger charge is -2.12. The van der Waals surface area contributed by atoms with Gasteiger partial charge in [0.15, 0.2) is 11.5 Å². The average molecular weight is 312 g/mol. The number of halogens is 1. The molecule has 3 nitrogen and oxygen atoms in total. The highest BCUT2D eigenvalue weighted by Crippen LogP contribution is 2.35. The van der Waals surface area contributed by atoms with Gasteiger partial charge in [0.25, 0.3) is 0 Å². The molecule has 1 N–H and O–H groups in total. The van der Waals surface area contributed by atoms with Gasteiger partial charge in [-0.25, -0.2) is 0 Å². The molecule has 2 rings (SSSR count). The molecule has 118 valence electrons. The van der Waals surface area contributed by atoms with Gasteiger partial charge in [0.1, 0.15) is 0 Å². The Labute approximate surface area is 133 Å². The van der Waals surface area contributed by atoms with Gasteiger partial charge in [-0.05, 0) is 37.4 Å². The van der Waals surface area contributed by atoms with E-state index in [4.69, 9.17) is 21.1 Å². The first kappa shape index (κ1) is 16.4. The third kappa shape index (κ3) is 5.40. The molecule has 0 spiro atoms. The van der Waals surface area contributed by atoms with Crippen LogP contribution in [0.2, 0.25) is 5.02 Å². The van der Waals surface area contributed by atoms with E-state index in [9.17, 15) is 0 Å². The van der Waals surface area contributed by atoms with Gasteiger partial charge in [0.05, 0.1) is 13.2 Å². The Hall–Kier alpha value is -0.930. The summed E-state index contributed by atoms with van der Waals surface area (Å²) in [7, 11) is 0. The maximum Gasteiger partial charge on any atom is 0.162 e. The van der Waals surface area contributed by atoms with Crippen LogP contribution in [0.5, 0.6) is 11.5 Å². The van der Waals surface area contributed by atoms with Gasteiger partial charge in [-0.2, -0.15) is 0 Å². The maximum atomic E-state index is 6.35. The predicted octanol–water partition coefficient (Wildman–Crippen LogP) is 4.21. The molecular formula is C17H26ClNO2. The average Bonchev–Trinajstić information content (AvgIpc) is 2.67. The summed E-state index contributed by atoms with van der Waals surface area (Å²) >= 11 is 6.35. The summed E-state index contributed by atoms with van der Waals surface area (Å²) in [6.07, 6.45) is 5.49. The van der Waals surface area contributed by atoms with Crippen molar-refractivity contribution in [2.75, 3.05) is 19.8 Å². The molecule has 0 saturated carbocycles. The van der Waals surface area contributed by atoms with Crippen LogP contribution in [0.25, 0.3) is 0 Å². The summed E-state index contributed by atoms with van der Waals surface area (Å²) in [6, 6.07) is 4.52. The van der Waals surface area contributed by atoms with Crippen molar-refractivity contribution >= 4 is 11.6 Å². The van der Waals surface area contributed by atoms with Crippen molar-refractivity contribution in [1.82, 2.24) is 5.32 Å². The Morgan fingerprint density at radius 2 is 1.81 bits per heavy atom. The first-order valence-electron chi connectivity index (χ1n) is 7.98. The maximum absolute atomic E-state index is 6.35. The molecule has 1 aliphatic rings. The number of hydrogen-bond acceptors (Lipinski definition) is 3. The van der Waals surface area contributed by atoms with Gasteiger partial charge in [-0.3, -0.25) is 0 Å². The Kier molecular flexibility index (Phi) is 6.65. The number of hydrogen-bond donors (Lipinski definition) is 1. The third-order valence-electron chi connectivity index (χ3n) is 3.59. The standard InChI is InChI=1S/C17H26ClNO2/c1-13(2)19-8-5-3-4-7-14-11-16-17(12-15(14)18)21-10-6-9-20-16/h11-13,19H,3-10H2,1-2H3. The van der Waals surface area contributed by atoms with Crippen LogP contribution in [0.4, 0.5) is 0 Å². The molecule has 1 aromatic carbocycles. The second kappa shape index (κ2) is 8.50. The number of aryl methyl sites for hydroxylation is 1. The minimum absolute atomic E-state index is 0.571. The van der Waals surface area contributed by atoms with Crippen molar-refractivity contribution in [2.24, 2.45) is 0 Å². The van der Waals surface area contributed by atoms with Crippen LogP contribution in [0.15, 0.2) is 12.1 Å². The zero-order valence-electron chi connectivity index (χ0n) is 13.1. The van der Waals surface area contributed by atoms with E-state index in [1.807, 2.05) is 6.07 Å². The monoisotopic (exact) mass is 311 g/mol. The van der Waals surface area contributed by atoms with Crippen LogP contribution in [-0.2, 0) is 6.42 Å². The summed E-state index contributed by atoms with van der Waals surface area (Å²) in [5, 5.41) is 4.23. The Bertz CT molecular complexity index is 449. The summed E-state index contributed by atoms with van der Waals surface area (Å²) in [4.78, 5) is 0. The lowest BCUT2D eigenvalue weighted by Crippen LogP contribution is -2.23. The third-order valence-corrected chi connectivity index (χ3v) is 3.94. The van der Waals surface area contributed by atoms with Gasteiger partial charge >= 0.3 is 0 Å². The van der Waals surface area contributed by atoms with Crippen LogP contribution in [-0.4, -0.2) is 25.8 Å². The van der Waals surface area contributed by atoms with Crippen LogP contribution >= 0.6 is 11.6 Å². The Morgan fingerprint density at radius 3 is 2.52 bits per heavy atom. The molecule has 4 heteroatoms. The van der Waals surface area contributed by atoms with Crippen LogP contribution in [0.1, 0.15) is 45.1 Å². The van der Waals surface area contributed by atoms with E-state index >= 15 is 0 Å². The van der Waals surface area contributed by atoms with Crippen LogP contribution in [0, 0.1) is 0 Å². The van der Waals surface area contributed by atoms with E-state index in [1.165, 1.54) is 12.8 Å². The normalized spacial score (nSPS) is 14.3. The fraction of sp³-hybridized carbons (Fsp3) is 0.647. The fourth-order valence-corrected chi connectivity index (χ4v) is 2.67. The summed E-state index contributed by atoms with van der Waals surface area (Å²) in [5.41, 5.74) is 1.16. The number of unbranched alkanes of at least 4 members (excludes halogenated alkanes) is 2. The molecule has 0 bridgehead atoms. The zero-order chi connectivity index (χ0) is 15.1. The van der Waals surface area contributed by atoms with Crippen molar-refractivity contribution in [1.29, 1.82) is 0 Å². The molecule has 1 aliphatic heterocycles. The molecule has 0 saturated heterocycles. The number of nitrogens with one attached hydrogen (secondary N) is 1. The van der Waals surface area contributed by atoms with E-state index in [-0.39, 0.29) is 0 Å². The molecular weight excluding hydrogens is 286 g/mol.